The molecule has 0 aliphatic heterocycles. The average molecular weight is 255 g/mol. The molecule has 5 heteroatoms. The van der Waals surface area contributed by atoms with Crippen molar-refractivity contribution in [1.29, 1.82) is 0 Å². The highest BCUT2D eigenvalue weighted by molar-refractivity contribution is 6.71. The Bertz CT molecular complexity index is 475. The van der Waals surface area contributed by atoms with E-state index in [1.807, 2.05) is 0 Å². The third kappa shape index (κ3) is 3.32. The molecule has 1 rings (SSSR count). The second kappa shape index (κ2) is 5.50. The van der Waals surface area contributed by atoms with Gasteiger partial charge in [0.25, 0.3) is 5.24 Å². The van der Waals surface area contributed by atoms with Crippen LogP contribution in [0.15, 0.2) is 23.8 Å². The Hall–Kier alpha value is -1.81. The Morgan fingerprint density at radius 2 is 2.06 bits per heavy atom. The number of aromatic hydroxyl groups is 1. The molecule has 0 bridgehead atoms. The van der Waals surface area contributed by atoms with Crippen LogP contribution in [0.1, 0.15) is 12.5 Å². The third-order valence-corrected chi connectivity index (χ3v) is 2.31. The lowest BCUT2D eigenvalue weighted by Gasteiger charge is -2.04. The Kier molecular flexibility index (Phi) is 4.29. The number of Topliss-reactive ketones (excluding diaryl/α,β-unsaturated/α-hetero) is 1. The summed E-state index contributed by atoms with van der Waals surface area (Å²) in [7, 11) is 1.42. The number of hydrogen-bond donors (Lipinski definition) is 1. The molecule has 90 valence electrons. The van der Waals surface area contributed by atoms with Crippen LogP contribution in [0.4, 0.5) is 0 Å². The number of allylic oxidation sites excluding steroid dienone is 1. The fourth-order valence-corrected chi connectivity index (χ4v) is 1.45. The van der Waals surface area contributed by atoms with Crippen LogP contribution in [0.25, 0.3) is 6.08 Å². The Labute approximate surface area is 103 Å². The van der Waals surface area contributed by atoms with Crippen LogP contribution >= 0.6 is 11.6 Å². The minimum absolute atomic E-state index is 0.0776. The summed E-state index contributed by atoms with van der Waals surface area (Å²) in [5.74, 6) is -0.199. The summed E-state index contributed by atoms with van der Waals surface area (Å²) in [5.41, 5.74) is 0.360. The molecule has 4 nitrogen and oxygen atoms in total. The summed E-state index contributed by atoms with van der Waals surface area (Å²) in [6.45, 7) is 1.25. The largest absolute Gasteiger partial charge is 0.504 e. The molecule has 0 heterocycles. The number of phenolic OH excluding ortho intramolecular Hbond substituents is 1. The summed E-state index contributed by atoms with van der Waals surface area (Å²) in [6.07, 6.45) is 1.32. The molecular formula is C12H11ClO4. The zero-order chi connectivity index (χ0) is 13.0. The van der Waals surface area contributed by atoms with Gasteiger partial charge in [-0.05, 0) is 42.3 Å². The van der Waals surface area contributed by atoms with Crippen molar-refractivity contribution in [3.05, 3.63) is 29.3 Å². The van der Waals surface area contributed by atoms with Crippen molar-refractivity contribution >= 4 is 28.7 Å². The second-order valence-corrected chi connectivity index (χ2v) is 3.66. The topological polar surface area (TPSA) is 63.6 Å². The van der Waals surface area contributed by atoms with E-state index >= 15 is 0 Å². The molecule has 1 N–H and O–H groups in total. The maximum atomic E-state index is 11.1. The number of hydrogen-bond acceptors (Lipinski definition) is 4. The smallest absolute Gasteiger partial charge is 0.255 e. The molecule has 0 saturated heterocycles. The van der Waals surface area contributed by atoms with Gasteiger partial charge in [0.05, 0.1) is 12.7 Å². The number of phenols is 1. The van der Waals surface area contributed by atoms with Gasteiger partial charge in [-0.1, -0.05) is 6.07 Å². The van der Waals surface area contributed by atoms with Crippen molar-refractivity contribution in [3.8, 4) is 11.5 Å². The first kappa shape index (κ1) is 13.3. The average Bonchev–Trinajstić information content (AvgIpc) is 2.25. The van der Waals surface area contributed by atoms with Crippen LogP contribution < -0.4 is 4.74 Å². The lowest BCUT2D eigenvalue weighted by atomic mass is 10.1. The monoisotopic (exact) mass is 254 g/mol. The van der Waals surface area contributed by atoms with Crippen molar-refractivity contribution < 1.29 is 19.4 Å². The van der Waals surface area contributed by atoms with Gasteiger partial charge < -0.3 is 9.84 Å². The highest BCUT2D eigenvalue weighted by Gasteiger charge is 2.12. The van der Waals surface area contributed by atoms with E-state index in [1.165, 1.54) is 32.2 Å². The van der Waals surface area contributed by atoms with E-state index in [-0.39, 0.29) is 11.3 Å². The fraction of sp³-hybridized carbons (Fsp3) is 0.167. The molecule has 1 aromatic rings. The van der Waals surface area contributed by atoms with E-state index in [0.717, 1.165) is 0 Å². The first-order chi connectivity index (χ1) is 7.95. The van der Waals surface area contributed by atoms with Gasteiger partial charge >= 0.3 is 0 Å². The molecule has 0 aliphatic rings. The maximum Gasteiger partial charge on any atom is 0.255 e. The molecule has 0 fully saturated rings. The number of ether oxygens (including phenoxy) is 1. The van der Waals surface area contributed by atoms with E-state index in [1.54, 1.807) is 6.07 Å². The molecule has 1 aromatic carbocycles. The van der Waals surface area contributed by atoms with Crippen molar-refractivity contribution in [2.75, 3.05) is 7.11 Å². The Morgan fingerprint density at radius 3 is 2.47 bits per heavy atom. The molecule has 0 aromatic heterocycles. The van der Waals surface area contributed by atoms with Crippen LogP contribution in [-0.4, -0.2) is 23.2 Å². The predicted octanol–water partition coefficient (Wildman–Crippen LogP) is 2.14. The SMILES string of the molecule is COc1ccc(/C=C(\C(C)=O)C(=O)Cl)cc1O. The normalized spacial score (nSPS) is 11.1. The minimum atomic E-state index is -0.826. The molecule has 17 heavy (non-hydrogen) atoms. The number of carbonyl (C=O) groups is 2. The summed E-state index contributed by atoms with van der Waals surface area (Å²) >= 11 is 5.27. The quantitative estimate of drug-likeness (QED) is 0.387. The van der Waals surface area contributed by atoms with E-state index in [2.05, 4.69) is 0 Å². The second-order valence-electron chi connectivity index (χ2n) is 3.32. The minimum Gasteiger partial charge on any atom is -0.504 e. The van der Waals surface area contributed by atoms with Gasteiger partial charge in [-0.25, -0.2) is 0 Å². The molecule has 0 saturated carbocycles. The number of carbonyl (C=O) groups excluding carboxylic acids is 2. The number of ketones is 1. The van der Waals surface area contributed by atoms with E-state index in [9.17, 15) is 14.7 Å². The first-order valence-electron chi connectivity index (χ1n) is 4.75. The van der Waals surface area contributed by atoms with Gasteiger partial charge in [0.1, 0.15) is 0 Å². The highest BCUT2D eigenvalue weighted by atomic mass is 35.5. The predicted molar refractivity (Wildman–Crippen MR) is 64.2 cm³/mol. The van der Waals surface area contributed by atoms with Gasteiger partial charge in [0.15, 0.2) is 17.3 Å². The van der Waals surface area contributed by atoms with Crippen LogP contribution in [0.5, 0.6) is 11.5 Å². The van der Waals surface area contributed by atoms with Gasteiger partial charge in [-0.15, -0.1) is 0 Å². The standard InChI is InChI=1S/C12H11ClO4/c1-7(14)9(12(13)16)5-8-3-4-11(17-2)10(15)6-8/h3-6,15H,1-2H3/b9-5+. The summed E-state index contributed by atoms with van der Waals surface area (Å²) in [4.78, 5) is 22.1. The molecule has 0 radical (unpaired) electrons. The summed E-state index contributed by atoms with van der Waals surface area (Å²) < 4.78 is 4.87. The van der Waals surface area contributed by atoms with Crippen molar-refractivity contribution in [1.82, 2.24) is 0 Å². The van der Waals surface area contributed by atoms with E-state index < -0.39 is 11.0 Å². The highest BCUT2D eigenvalue weighted by Crippen LogP contribution is 2.27. The number of halogens is 1. The van der Waals surface area contributed by atoms with Gasteiger partial charge in [0.2, 0.25) is 0 Å². The first-order valence-corrected chi connectivity index (χ1v) is 5.13. The maximum absolute atomic E-state index is 11.1. The van der Waals surface area contributed by atoms with Gasteiger partial charge in [-0.3, -0.25) is 9.59 Å². The van der Waals surface area contributed by atoms with Crippen LogP contribution in [0.2, 0.25) is 0 Å². The molecular weight excluding hydrogens is 244 g/mol. The van der Waals surface area contributed by atoms with Crippen LogP contribution in [0, 0.1) is 0 Å². The fourth-order valence-electron chi connectivity index (χ4n) is 1.26. The van der Waals surface area contributed by atoms with Crippen LogP contribution in [0.3, 0.4) is 0 Å². The summed E-state index contributed by atoms with van der Waals surface area (Å²) in [5, 5.41) is 8.70. The summed E-state index contributed by atoms with van der Waals surface area (Å²) in [6, 6.07) is 4.50. The van der Waals surface area contributed by atoms with Gasteiger partial charge in [0, 0.05) is 0 Å². The van der Waals surface area contributed by atoms with Crippen LogP contribution in [-0.2, 0) is 9.59 Å². The third-order valence-electron chi connectivity index (χ3n) is 2.10. The Balaban J connectivity index is 3.17. The van der Waals surface area contributed by atoms with E-state index in [0.29, 0.717) is 11.3 Å². The molecule has 0 atom stereocenters. The van der Waals surface area contributed by atoms with E-state index in [4.69, 9.17) is 16.3 Å². The Morgan fingerprint density at radius 1 is 1.41 bits per heavy atom. The van der Waals surface area contributed by atoms with Crippen molar-refractivity contribution in [3.63, 3.8) is 0 Å². The molecule has 0 spiro atoms. The lowest BCUT2D eigenvalue weighted by molar-refractivity contribution is -0.116. The zero-order valence-corrected chi connectivity index (χ0v) is 10.1. The van der Waals surface area contributed by atoms with Gasteiger partial charge in [-0.2, -0.15) is 0 Å². The number of methoxy groups -OCH3 is 1. The molecule has 0 aliphatic carbocycles. The zero-order valence-electron chi connectivity index (χ0n) is 9.36. The lowest BCUT2D eigenvalue weighted by Crippen LogP contribution is -2.03. The van der Waals surface area contributed by atoms with Crippen molar-refractivity contribution in [2.45, 2.75) is 6.92 Å². The number of rotatable bonds is 4. The molecule has 0 amide bonds. The van der Waals surface area contributed by atoms with Crippen molar-refractivity contribution in [2.24, 2.45) is 0 Å². The number of benzene rings is 1. The molecule has 0 unspecified atom stereocenters.